The van der Waals surface area contributed by atoms with Gasteiger partial charge in [-0.1, -0.05) is 11.6 Å². The molecule has 0 fully saturated rings. The molecule has 4 N–H and O–H groups in total. The van der Waals surface area contributed by atoms with Crippen molar-refractivity contribution in [3.8, 4) is 0 Å². The largest absolute Gasteiger partial charge is 0.384 e. The van der Waals surface area contributed by atoms with E-state index < -0.39 is 0 Å². The van der Waals surface area contributed by atoms with E-state index in [0.29, 0.717) is 41.0 Å². The molecule has 8 nitrogen and oxygen atoms in total. The Morgan fingerprint density at radius 2 is 2.07 bits per heavy atom. The zero-order valence-corrected chi connectivity index (χ0v) is 16.4. The minimum atomic E-state index is -0.225. The van der Waals surface area contributed by atoms with Crippen LogP contribution < -0.4 is 21.3 Å². The van der Waals surface area contributed by atoms with Crippen LogP contribution in [-0.4, -0.2) is 41.3 Å². The normalized spacial score (nSPS) is 10.5. The molecular weight excluding hydrogens is 378 g/mol. The molecule has 1 amide bonds. The molecule has 28 heavy (non-hydrogen) atoms. The minimum absolute atomic E-state index is 0.225. The van der Waals surface area contributed by atoms with Crippen molar-refractivity contribution in [2.24, 2.45) is 0 Å². The van der Waals surface area contributed by atoms with Gasteiger partial charge in [0, 0.05) is 25.7 Å². The van der Waals surface area contributed by atoms with Crippen LogP contribution in [0, 0.1) is 0 Å². The molecule has 2 heterocycles. The van der Waals surface area contributed by atoms with Gasteiger partial charge < -0.3 is 21.3 Å². The second-order valence-corrected chi connectivity index (χ2v) is 6.78. The molecule has 0 unspecified atom stereocenters. The fourth-order valence-electron chi connectivity index (χ4n) is 2.66. The van der Waals surface area contributed by atoms with Crippen molar-refractivity contribution in [3.63, 3.8) is 0 Å². The summed E-state index contributed by atoms with van der Waals surface area (Å²) in [6, 6.07) is 10.5. The molecule has 0 aliphatic heterocycles. The third kappa shape index (κ3) is 4.72. The van der Waals surface area contributed by atoms with Gasteiger partial charge in [0.05, 0.1) is 35.9 Å². The maximum Gasteiger partial charge on any atom is 0.257 e. The summed E-state index contributed by atoms with van der Waals surface area (Å²) in [5.41, 5.74) is 7.66. The number of nitrogen functional groups attached to an aromatic ring is 1. The Labute approximate surface area is 168 Å². The van der Waals surface area contributed by atoms with Crippen molar-refractivity contribution in [2.75, 3.05) is 41.9 Å². The van der Waals surface area contributed by atoms with Gasteiger partial charge in [0.25, 0.3) is 5.91 Å². The number of nitrogens with zero attached hydrogens (tertiary/aromatic N) is 4. The van der Waals surface area contributed by atoms with E-state index in [-0.39, 0.29) is 5.91 Å². The molecule has 0 saturated carbocycles. The van der Waals surface area contributed by atoms with Gasteiger partial charge in [0.15, 0.2) is 0 Å². The van der Waals surface area contributed by atoms with Crippen molar-refractivity contribution in [3.05, 3.63) is 59.4 Å². The first-order chi connectivity index (χ1) is 13.4. The zero-order valence-electron chi connectivity index (χ0n) is 15.7. The van der Waals surface area contributed by atoms with Crippen molar-refractivity contribution in [1.29, 1.82) is 0 Å². The lowest BCUT2D eigenvalue weighted by molar-refractivity contribution is 0.102. The van der Waals surface area contributed by atoms with Crippen molar-refractivity contribution < 1.29 is 4.79 Å². The number of nitrogens with two attached hydrogens (primary N) is 1. The van der Waals surface area contributed by atoms with Gasteiger partial charge in [0.2, 0.25) is 0 Å². The number of rotatable bonds is 7. The topological polar surface area (TPSA) is 101 Å². The number of carbonyl (C=O) groups excluding carboxylic acids is 1. The van der Waals surface area contributed by atoms with Crippen LogP contribution in [0.2, 0.25) is 5.02 Å². The molecule has 9 heteroatoms. The maximum atomic E-state index is 12.6. The first-order valence-electron chi connectivity index (χ1n) is 8.69. The Kier molecular flexibility index (Phi) is 6.00. The smallest absolute Gasteiger partial charge is 0.257 e. The fraction of sp³-hybridized carbons (Fsp3) is 0.211. The molecule has 0 aliphatic rings. The highest BCUT2D eigenvalue weighted by molar-refractivity contribution is 6.31. The highest BCUT2D eigenvalue weighted by Crippen LogP contribution is 2.24. The van der Waals surface area contributed by atoms with Crippen LogP contribution in [0.25, 0.3) is 0 Å². The summed E-state index contributed by atoms with van der Waals surface area (Å²) in [5, 5.41) is 10.7. The van der Waals surface area contributed by atoms with Crippen LogP contribution in [-0.2, 0) is 6.54 Å². The molecule has 1 aromatic carbocycles. The first kappa shape index (κ1) is 19.5. The zero-order chi connectivity index (χ0) is 20.1. The number of amides is 1. The molecular formula is C19H22ClN7O. The highest BCUT2D eigenvalue weighted by atomic mass is 35.5. The van der Waals surface area contributed by atoms with Crippen LogP contribution >= 0.6 is 11.6 Å². The van der Waals surface area contributed by atoms with E-state index in [1.165, 1.54) is 0 Å². The lowest BCUT2D eigenvalue weighted by atomic mass is 10.1. The molecule has 146 valence electrons. The maximum absolute atomic E-state index is 12.6. The number of benzene rings is 1. The van der Waals surface area contributed by atoms with E-state index >= 15 is 0 Å². The molecule has 0 atom stereocenters. The second-order valence-electron chi connectivity index (χ2n) is 6.35. The van der Waals surface area contributed by atoms with Crippen LogP contribution in [0.4, 0.5) is 23.0 Å². The summed E-state index contributed by atoms with van der Waals surface area (Å²) in [5.74, 6) is 1.09. The van der Waals surface area contributed by atoms with Gasteiger partial charge in [0.1, 0.15) is 11.6 Å². The van der Waals surface area contributed by atoms with Gasteiger partial charge in [-0.05, 0) is 36.4 Å². The third-order valence-electron chi connectivity index (χ3n) is 4.09. The van der Waals surface area contributed by atoms with Crippen LogP contribution in [0.5, 0.6) is 0 Å². The van der Waals surface area contributed by atoms with Crippen LogP contribution in [0.1, 0.15) is 10.4 Å². The van der Waals surface area contributed by atoms with E-state index in [0.717, 1.165) is 5.69 Å². The summed E-state index contributed by atoms with van der Waals surface area (Å²) in [6.45, 7) is 1.25. The predicted octanol–water partition coefficient (Wildman–Crippen LogP) is 2.94. The van der Waals surface area contributed by atoms with Crippen molar-refractivity contribution >= 4 is 40.5 Å². The second kappa shape index (κ2) is 8.62. The van der Waals surface area contributed by atoms with E-state index in [4.69, 9.17) is 17.3 Å². The van der Waals surface area contributed by atoms with Gasteiger partial charge in [-0.2, -0.15) is 5.10 Å². The average Bonchev–Trinajstić information content (AvgIpc) is 3.08. The summed E-state index contributed by atoms with van der Waals surface area (Å²) >= 11 is 6.04. The number of hydrogen-bond acceptors (Lipinski definition) is 6. The Hall–Kier alpha value is -3.26. The first-order valence-corrected chi connectivity index (χ1v) is 9.07. The van der Waals surface area contributed by atoms with Crippen LogP contribution in [0.15, 0.2) is 48.8 Å². The molecule has 0 spiro atoms. The van der Waals surface area contributed by atoms with Gasteiger partial charge >= 0.3 is 0 Å². The van der Waals surface area contributed by atoms with Gasteiger partial charge in [-0.15, -0.1) is 0 Å². The van der Waals surface area contributed by atoms with Gasteiger partial charge in [-0.25, -0.2) is 9.67 Å². The van der Waals surface area contributed by atoms with Crippen molar-refractivity contribution in [2.45, 2.75) is 6.54 Å². The Morgan fingerprint density at radius 3 is 2.71 bits per heavy atom. The number of hydrogen-bond donors (Lipinski definition) is 3. The Balaban J connectivity index is 1.60. The Bertz CT molecular complexity index is 953. The lowest BCUT2D eigenvalue weighted by Gasteiger charge is -2.17. The van der Waals surface area contributed by atoms with E-state index in [1.54, 1.807) is 53.5 Å². The Morgan fingerprint density at radius 1 is 1.25 bits per heavy atom. The number of halogens is 1. The van der Waals surface area contributed by atoms with Gasteiger partial charge in [-0.3, -0.25) is 4.79 Å². The predicted molar refractivity (Wildman–Crippen MR) is 113 cm³/mol. The average molecular weight is 400 g/mol. The molecule has 0 radical (unpaired) electrons. The molecule has 0 bridgehead atoms. The number of anilines is 4. The highest BCUT2D eigenvalue weighted by Gasteiger charge is 2.14. The van der Waals surface area contributed by atoms with E-state index in [2.05, 4.69) is 20.7 Å². The summed E-state index contributed by atoms with van der Waals surface area (Å²) in [4.78, 5) is 18.8. The monoisotopic (exact) mass is 399 g/mol. The fourth-order valence-corrected chi connectivity index (χ4v) is 2.82. The standard InChI is InChI=1S/C19H22ClN7O/c1-26(2)16-11-13(20)3-5-15(16)19(28)25-14-4-6-18(23-12-14)22-9-10-27-17(21)7-8-24-27/h3-8,11-12H,9-10,21H2,1-2H3,(H,22,23)(H,25,28). The van der Waals surface area contributed by atoms with E-state index in [9.17, 15) is 4.79 Å². The minimum Gasteiger partial charge on any atom is -0.384 e. The number of carbonyl (C=O) groups is 1. The SMILES string of the molecule is CN(C)c1cc(Cl)ccc1C(=O)Nc1ccc(NCCn2nccc2N)nc1. The lowest BCUT2D eigenvalue weighted by Crippen LogP contribution is -2.18. The molecule has 3 aromatic rings. The molecule has 0 aliphatic carbocycles. The number of pyridine rings is 1. The molecule has 0 saturated heterocycles. The van der Waals surface area contributed by atoms with Crippen molar-refractivity contribution in [1.82, 2.24) is 14.8 Å². The molecule has 2 aromatic heterocycles. The van der Waals surface area contributed by atoms with E-state index in [1.807, 2.05) is 19.0 Å². The number of aromatic nitrogens is 3. The number of nitrogens with one attached hydrogen (secondary N) is 2. The summed E-state index contributed by atoms with van der Waals surface area (Å²) in [7, 11) is 3.72. The summed E-state index contributed by atoms with van der Waals surface area (Å²) < 4.78 is 1.70. The molecule has 3 rings (SSSR count). The summed E-state index contributed by atoms with van der Waals surface area (Å²) in [6.07, 6.45) is 3.27. The third-order valence-corrected chi connectivity index (χ3v) is 4.32. The van der Waals surface area contributed by atoms with Crippen LogP contribution in [0.3, 0.4) is 0 Å². The quantitative estimate of drug-likeness (QED) is 0.564.